The first-order valence-corrected chi connectivity index (χ1v) is 10.6. The van der Waals surface area contributed by atoms with Crippen LogP contribution in [-0.4, -0.2) is 41.8 Å². The summed E-state index contributed by atoms with van der Waals surface area (Å²) in [5.74, 6) is -1.79. The van der Waals surface area contributed by atoms with E-state index in [1.807, 2.05) is 30.3 Å². The van der Waals surface area contributed by atoms with E-state index < -0.39 is 17.7 Å². The van der Waals surface area contributed by atoms with Gasteiger partial charge in [0.2, 0.25) is 0 Å². The molecule has 1 aliphatic heterocycles. The first-order valence-electron chi connectivity index (χ1n) is 10.6. The van der Waals surface area contributed by atoms with Gasteiger partial charge in [0.1, 0.15) is 11.4 Å². The van der Waals surface area contributed by atoms with Crippen LogP contribution < -0.4 is 15.5 Å². The molecule has 0 aromatic heterocycles. The average molecular weight is 457 g/mol. The molecule has 0 aliphatic carbocycles. The fraction of sp³-hybridized carbons (Fsp3) is 0.115. The van der Waals surface area contributed by atoms with Crippen molar-refractivity contribution >= 4 is 29.1 Å². The Morgan fingerprint density at radius 3 is 2.12 bits per heavy atom. The highest BCUT2D eigenvalue weighted by Gasteiger charge is 2.40. The number of nitrogens with zero attached hydrogens (tertiary/aromatic N) is 2. The Hall–Kier alpha value is -4.59. The number of phenolic OH excluding ortho intramolecular Hbond substituents is 1. The van der Waals surface area contributed by atoms with Crippen molar-refractivity contribution in [3.8, 4) is 5.75 Å². The fourth-order valence-electron chi connectivity index (χ4n) is 3.60. The minimum absolute atomic E-state index is 0.0189. The van der Waals surface area contributed by atoms with Crippen molar-refractivity contribution in [2.45, 2.75) is 6.54 Å². The summed E-state index contributed by atoms with van der Waals surface area (Å²) in [6, 6.07) is 22.7. The zero-order valence-corrected chi connectivity index (χ0v) is 18.8. The van der Waals surface area contributed by atoms with Gasteiger partial charge in [0.15, 0.2) is 5.75 Å². The Labute approximate surface area is 197 Å². The predicted octanol–water partition coefficient (Wildman–Crippen LogP) is 3.08. The van der Waals surface area contributed by atoms with Gasteiger partial charge in [0.25, 0.3) is 17.7 Å². The number of aromatic hydroxyl groups is 1. The van der Waals surface area contributed by atoms with Crippen LogP contribution in [0.1, 0.15) is 15.9 Å². The second-order valence-corrected chi connectivity index (χ2v) is 7.90. The standard InChI is InChI=1S/C26H24N4O4/c1-29(2)24(32)19-14-9-15-20(23(19)31)28-22-21(27-16-17-10-5-3-6-11-17)25(33)30(26(22)34)18-12-7-4-8-13-18/h3-15,27-28,31H,16H2,1-2H3. The average Bonchev–Trinajstić information content (AvgIpc) is 3.08. The third-order valence-corrected chi connectivity index (χ3v) is 5.34. The van der Waals surface area contributed by atoms with Gasteiger partial charge in [-0.25, -0.2) is 4.90 Å². The molecule has 172 valence electrons. The van der Waals surface area contributed by atoms with Gasteiger partial charge in [-0.2, -0.15) is 0 Å². The van der Waals surface area contributed by atoms with Crippen LogP contribution in [0.3, 0.4) is 0 Å². The third-order valence-electron chi connectivity index (χ3n) is 5.34. The topological polar surface area (TPSA) is 102 Å². The van der Waals surface area contributed by atoms with Crippen LogP contribution in [-0.2, 0) is 16.1 Å². The molecule has 0 saturated heterocycles. The van der Waals surface area contributed by atoms with E-state index in [-0.39, 0.29) is 28.4 Å². The Kier molecular flexibility index (Phi) is 6.31. The van der Waals surface area contributed by atoms with Crippen LogP contribution in [0.5, 0.6) is 5.75 Å². The van der Waals surface area contributed by atoms with Crippen molar-refractivity contribution in [2.75, 3.05) is 24.3 Å². The number of imide groups is 1. The fourth-order valence-corrected chi connectivity index (χ4v) is 3.60. The van der Waals surface area contributed by atoms with Crippen molar-refractivity contribution < 1.29 is 19.5 Å². The number of para-hydroxylation sites is 2. The molecule has 0 unspecified atom stereocenters. The number of phenols is 1. The molecule has 3 aromatic carbocycles. The molecule has 0 bridgehead atoms. The Morgan fingerprint density at radius 1 is 0.853 bits per heavy atom. The second kappa shape index (κ2) is 9.50. The lowest BCUT2D eigenvalue weighted by atomic mass is 10.1. The number of carbonyl (C=O) groups excluding carboxylic acids is 3. The summed E-state index contributed by atoms with van der Waals surface area (Å²) in [4.78, 5) is 41.5. The van der Waals surface area contributed by atoms with Crippen molar-refractivity contribution in [2.24, 2.45) is 0 Å². The first-order chi connectivity index (χ1) is 16.4. The summed E-state index contributed by atoms with van der Waals surface area (Å²) in [5, 5.41) is 16.7. The SMILES string of the molecule is CN(C)C(=O)c1cccc(NC2=C(NCc3ccccc3)C(=O)N(c3ccccc3)C2=O)c1O. The molecule has 3 N–H and O–H groups in total. The highest BCUT2D eigenvalue weighted by atomic mass is 16.3. The maximum atomic E-state index is 13.4. The van der Waals surface area contributed by atoms with Crippen molar-refractivity contribution in [1.29, 1.82) is 0 Å². The summed E-state index contributed by atoms with van der Waals surface area (Å²) in [5.41, 5.74) is 1.61. The normalized spacial score (nSPS) is 13.3. The molecular weight excluding hydrogens is 432 g/mol. The van der Waals surface area contributed by atoms with Gasteiger partial charge >= 0.3 is 0 Å². The number of carbonyl (C=O) groups is 3. The highest BCUT2D eigenvalue weighted by molar-refractivity contribution is 6.33. The lowest BCUT2D eigenvalue weighted by Gasteiger charge is -2.16. The number of anilines is 2. The molecule has 0 atom stereocenters. The van der Waals surface area contributed by atoms with Crippen molar-refractivity contribution in [1.82, 2.24) is 10.2 Å². The summed E-state index contributed by atoms with van der Waals surface area (Å²) in [6.07, 6.45) is 0. The Morgan fingerprint density at radius 2 is 1.47 bits per heavy atom. The zero-order valence-electron chi connectivity index (χ0n) is 18.8. The summed E-state index contributed by atoms with van der Waals surface area (Å²) in [7, 11) is 3.15. The van der Waals surface area contributed by atoms with Crippen LogP contribution in [0.25, 0.3) is 0 Å². The highest BCUT2D eigenvalue weighted by Crippen LogP contribution is 2.33. The third kappa shape index (κ3) is 4.33. The van der Waals surface area contributed by atoms with Crippen LogP contribution in [0, 0.1) is 0 Å². The largest absolute Gasteiger partial charge is 0.505 e. The molecule has 4 rings (SSSR count). The van der Waals surface area contributed by atoms with Gasteiger partial charge in [0, 0.05) is 20.6 Å². The molecule has 3 aromatic rings. The van der Waals surface area contributed by atoms with E-state index in [0.717, 1.165) is 10.5 Å². The van der Waals surface area contributed by atoms with E-state index in [1.54, 1.807) is 50.5 Å². The number of benzene rings is 3. The predicted molar refractivity (Wildman–Crippen MR) is 129 cm³/mol. The van der Waals surface area contributed by atoms with Gasteiger partial charge in [-0.1, -0.05) is 54.6 Å². The zero-order chi connectivity index (χ0) is 24.2. The first kappa shape index (κ1) is 22.6. The van der Waals surface area contributed by atoms with E-state index in [4.69, 9.17) is 0 Å². The summed E-state index contributed by atoms with van der Waals surface area (Å²) >= 11 is 0. The lowest BCUT2D eigenvalue weighted by molar-refractivity contribution is -0.120. The molecule has 3 amide bonds. The number of rotatable bonds is 7. The van der Waals surface area contributed by atoms with E-state index >= 15 is 0 Å². The van der Waals surface area contributed by atoms with Crippen molar-refractivity contribution in [3.63, 3.8) is 0 Å². The van der Waals surface area contributed by atoms with Crippen molar-refractivity contribution in [3.05, 3.63) is 101 Å². The maximum Gasteiger partial charge on any atom is 0.284 e. The molecule has 34 heavy (non-hydrogen) atoms. The summed E-state index contributed by atoms with van der Waals surface area (Å²) in [6.45, 7) is 0.314. The van der Waals surface area contributed by atoms with Crippen LogP contribution in [0.2, 0.25) is 0 Å². The minimum atomic E-state index is -0.574. The number of amides is 3. The molecule has 1 aliphatic rings. The molecular formula is C26H24N4O4. The monoisotopic (exact) mass is 456 g/mol. The smallest absolute Gasteiger partial charge is 0.284 e. The molecule has 1 heterocycles. The number of nitrogens with one attached hydrogen (secondary N) is 2. The lowest BCUT2D eigenvalue weighted by Crippen LogP contribution is -2.33. The second-order valence-electron chi connectivity index (χ2n) is 7.90. The van der Waals surface area contributed by atoms with E-state index in [9.17, 15) is 19.5 Å². The van der Waals surface area contributed by atoms with Gasteiger partial charge in [0.05, 0.1) is 16.9 Å². The number of hydrogen-bond donors (Lipinski definition) is 3. The molecule has 8 heteroatoms. The van der Waals surface area contributed by atoms with Gasteiger partial charge in [-0.15, -0.1) is 0 Å². The van der Waals surface area contributed by atoms with Gasteiger partial charge < -0.3 is 20.6 Å². The van der Waals surface area contributed by atoms with E-state index in [0.29, 0.717) is 12.2 Å². The Bertz CT molecular complexity index is 1270. The Balaban J connectivity index is 1.72. The number of hydrogen-bond acceptors (Lipinski definition) is 6. The maximum absolute atomic E-state index is 13.4. The van der Waals surface area contributed by atoms with Crippen LogP contribution in [0.4, 0.5) is 11.4 Å². The van der Waals surface area contributed by atoms with Crippen LogP contribution in [0.15, 0.2) is 90.3 Å². The minimum Gasteiger partial charge on any atom is -0.505 e. The molecule has 0 saturated carbocycles. The molecule has 8 nitrogen and oxygen atoms in total. The quantitative estimate of drug-likeness (QED) is 0.373. The molecule has 0 spiro atoms. The van der Waals surface area contributed by atoms with E-state index in [2.05, 4.69) is 10.6 Å². The van der Waals surface area contributed by atoms with Gasteiger partial charge in [-0.3, -0.25) is 14.4 Å². The van der Waals surface area contributed by atoms with Crippen LogP contribution >= 0.6 is 0 Å². The summed E-state index contributed by atoms with van der Waals surface area (Å²) < 4.78 is 0. The molecule has 0 radical (unpaired) electrons. The molecule has 0 fully saturated rings. The van der Waals surface area contributed by atoms with Gasteiger partial charge in [-0.05, 0) is 29.8 Å². The van der Waals surface area contributed by atoms with E-state index in [1.165, 1.54) is 17.0 Å².